The van der Waals surface area contributed by atoms with E-state index in [0.29, 0.717) is 27.8 Å². The number of pyridine rings is 1. The highest BCUT2D eigenvalue weighted by atomic mass is 32.1. The standard InChI is InChI=1S/C25H24FN3OS/c26-22-15-21(28-25(31)16-24(30)20-7-4-12-27-17-20)8-9-23(22)29-13-10-19(11-14-29)18-5-2-1-3-6-18/h1-9,12,15,17,19H,10-11,13-14,16H2,(H,28,31). The zero-order chi connectivity index (χ0) is 21.6. The van der Waals surface area contributed by atoms with Gasteiger partial charge in [0, 0.05) is 36.7 Å². The van der Waals surface area contributed by atoms with Crippen LogP contribution in [0.4, 0.5) is 15.8 Å². The quantitative estimate of drug-likeness (QED) is 0.404. The average molecular weight is 434 g/mol. The molecule has 1 fully saturated rings. The summed E-state index contributed by atoms with van der Waals surface area (Å²) in [6.07, 6.45) is 5.19. The first-order valence-electron chi connectivity index (χ1n) is 10.4. The van der Waals surface area contributed by atoms with Crippen LogP contribution in [0, 0.1) is 5.82 Å². The molecule has 0 radical (unpaired) electrons. The Bertz CT molecular complexity index is 1050. The topological polar surface area (TPSA) is 45.2 Å². The maximum Gasteiger partial charge on any atom is 0.171 e. The lowest BCUT2D eigenvalue weighted by Crippen LogP contribution is -2.33. The molecule has 1 aliphatic rings. The molecular weight excluding hydrogens is 409 g/mol. The Morgan fingerprint density at radius 2 is 1.87 bits per heavy atom. The minimum Gasteiger partial charge on any atom is -0.369 e. The van der Waals surface area contributed by atoms with Gasteiger partial charge in [-0.25, -0.2) is 4.39 Å². The van der Waals surface area contributed by atoms with Crippen molar-refractivity contribution < 1.29 is 9.18 Å². The van der Waals surface area contributed by atoms with Crippen LogP contribution in [-0.4, -0.2) is 28.8 Å². The van der Waals surface area contributed by atoms with Gasteiger partial charge in [-0.3, -0.25) is 9.78 Å². The molecule has 0 saturated carbocycles. The number of nitrogens with one attached hydrogen (secondary N) is 1. The number of hydrogen-bond donors (Lipinski definition) is 1. The number of hydrogen-bond acceptors (Lipinski definition) is 4. The summed E-state index contributed by atoms with van der Waals surface area (Å²) < 4.78 is 14.8. The molecule has 0 aliphatic carbocycles. The van der Waals surface area contributed by atoms with Crippen LogP contribution in [-0.2, 0) is 0 Å². The fourth-order valence-electron chi connectivity index (χ4n) is 4.00. The lowest BCUT2D eigenvalue weighted by atomic mass is 9.89. The zero-order valence-corrected chi connectivity index (χ0v) is 17.9. The summed E-state index contributed by atoms with van der Waals surface area (Å²) in [7, 11) is 0. The molecule has 1 aliphatic heterocycles. The van der Waals surface area contributed by atoms with Crippen molar-refractivity contribution in [2.24, 2.45) is 0 Å². The normalized spacial score (nSPS) is 14.3. The second-order valence-corrected chi connectivity index (χ2v) is 8.22. The molecule has 1 aromatic heterocycles. The van der Waals surface area contributed by atoms with Crippen molar-refractivity contribution in [3.63, 3.8) is 0 Å². The molecule has 3 aromatic rings. The van der Waals surface area contributed by atoms with Crippen molar-refractivity contribution in [3.8, 4) is 0 Å². The van der Waals surface area contributed by atoms with Gasteiger partial charge < -0.3 is 10.2 Å². The number of aromatic nitrogens is 1. The molecule has 4 nitrogen and oxygen atoms in total. The van der Waals surface area contributed by atoms with Gasteiger partial charge in [-0.05, 0) is 54.7 Å². The zero-order valence-electron chi connectivity index (χ0n) is 17.1. The molecule has 0 amide bonds. The molecule has 0 bridgehead atoms. The van der Waals surface area contributed by atoms with E-state index in [0.717, 1.165) is 25.9 Å². The molecule has 1 saturated heterocycles. The first kappa shape index (κ1) is 21.1. The molecular formula is C25H24FN3OS. The van der Waals surface area contributed by atoms with E-state index in [1.807, 2.05) is 12.1 Å². The Morgan fingerprint density at radius 3 is 2.55 bits per heavy atom. The molecule has 0 atom stereocenters. The van der Waals surface area contributed by atoms with Gasteiger partial charge in [0.15, 0.2) is 5.78 Å². The van der Waals surface area contributed by atoms with Crippen LogP contribution >= 0.6 is 12.2 Å². The summed E-state index contributed by atoms with van der Waals surface area (Å²) >= 11 is 5.29. The smallest absolute Gasteiger partial charge is 0.171 e. The third kappa shape index (κ3) is 5.33. The predicted molar refractivity (Wildman–Crippen MR) is 126 cm³/mol. The number of benzene rings is 2. The van der Waals surface area contributed by atoms with Crippen LogP contribution in [0.1, 0.15) is 41.1 Å². The van der Waals surface area contributed by atoms with E-state index in [2.05, 4.69) is 39.5 Å². The van der Waals surface area contributed by atoms with Crippen molar-refractivity contribution in [2.75, 3.05) is 23.3 Å². The third-order valence-electron chi connectivity index (χ3n) is 5.64. The number of nitrogens with zero attached hydrogens (tertiary/aromatic N) is 2. The molecule has 0 unspecified atom stereocenters. The van der Waals surface area contributed by atoms with Gasteiger partial charge in [0.1, 0.15) is 5.82 Å². The Balaban J connectivity index is 1.34. The second-order valence-electron chi connectivity index (χ2n) is 7.73. The lowest BCUT2D eigenvalue weighted by molar-refractivity contribution is 0.100. The second kappa shape index (κ2) is 9.79. The van der Waals surface area contributed by atoms with E-state index >= 15 is 0 Å². The van der Waals surface area contributed by atoms with Gasteiger partial charge in [0.25, 0.3) is 0 Å². The molecule has 158 valence electrons. The number of anilines is 2. The Kier molecular flexibility index (Phi) is 6.67. The molecule has 1 N–H and O–H groups in total. The van der Waals surface area contributed by atoms with Crippen LogP contribution in [0.3, 0.4) is 0 Å². The van der Waals surface area contributed by atoms with E-state index in [1.165, 1.54) is 17.8 Å². The van der Waals surface area contributed by atoms with Crippen molar-refractivity contribution >= 4 is 34.4 Å². The Morgan fingerprint density at radius 1 is 1.10 bits per heavy atom. The molecule has 2 heterocycles. The molecule has 0 spiro atoms. The van der Waals surface area contributed by atoms with Crippen molar-refractivity contribution in [1.29, 1.82) is 0 Å². The fraction of sp³-hybridized carbons (Fsp3) is 0.240. The number of carbonyl (C=O) groups excluding carboxylic acids is 1. The third-order valence-corrected chi connectivity index (χ3v) is 5.89. The molecule has 2 aromatic carbocycles. The summed E-state index contributed by atoms with van der Waals surface area (Å²) in [6, 6.07) is 19.0. The van der Waals surface area contributed by atoms with Crippen molar-refractivity contribution in [2.45, 2.75) is 25.2 Å². The first-order chi connectivity index (χ1) is 15.1. The van der Waals surface area contributed by atoms with Crippen molar-refractivity contribution in [1.82, 2.24) is 4.98 Å². The number of ketones is 1. The number of thiocarbonyl (C=S) groups is 1. The van der Waals surface area contributed by atoms with Gasteiger partial charge >= 0.3 is 0 Å². The summed E-state index contributed by atoms with van der Waals surface area (Å²) in [5, 5.41) is 2.97. The van der Waals surface area contributed by atoms with E-state index in [-0.39, 0.29) is 18.0 Å². The summed E-state index contributed by atoms with van der Waals surface area (Å²) in [5.74, 6) is 0.115. The van der Waals surface area contributed by atoms with Gasteiger partial charge in [-0.2, -0.15) is 0 Å². The van der Waals surface area contributed by atoms with Crippen LogP contribution < -0.4 is 10.2 Å². The summed E-state index contributed by atoms with van der Waals surface area (Å²) in [5.41, 5.74) is 3.02. The van der Waals surface area contributed by atoms with E-state index in [4.69, 9.17) is 12.2 Å². The van der Waals surface area contributed by atoms with Crippen LogP contribution in [0.2, 0.25) is 0 Å². The van der Waals surface area contributed by atoms with Crippen molar-refractivity contribution in [3.05, 3.63) is 90.0 Å². The molecule has 31 heavy (non-hydrogen) atoms. The highest BCUT2D eigenvalue weighted by molar-refractivity contribution is 7.80. The van der Waals surface area contributed by atoms with Crippen LogP contribution in [0.5, 0.6) is 0 Å². The maximum absolute atomic E-state index is 14.8. The van der Waals surface area contributed by atoms with Gasteiger partial charge in [-0.1, -0.05) is 42.5 Å². The molecule has 6 heteroatoms. The number of rotatable bonds is 6. The molecule has 4 rings (SSSR count). The minimum absolute atomic E-state index is 0.0530. The van der Waals surface area contributed by atoms with Gasteiger partial charge in [0.2, 0.25) is 0 Å². The fourth-order valence-corrected chi connectivity index (χ4v) is 4.25. The number of Topliss-reactive ketones (excluding diaryl/α,β-unsaturated/α-hetero) is 1. The largest absolute Gasteiger partial charge is 0.369 e. The van der Waals surface area contributed by atoms with Crippen LogP contribution in [0.15, 0.2) is 73.1 Å². The number of halogens is 1. The monoisotopic (exact) mass is 433 g/mol. The lowest BCUT2D eigenvalue weighted by Gasteiger charge is -2.34. The minimum atomic E-state index is -0.287. The Hall–Kier alpha value is -3.12. The highest BCUT2D eigenvalue weighted by Crippen LogP contribution is 2.32. The van der Waals surface area contributed by atoms with E-state index < -0.39 is 0 Å². The van der Waals surface area contributed by atoms with E-state index in [9.17, 15) is 9.18 Å². The van der Waals surface area contributed by atoms with Gasteiger partial charge in [0.05, 0.1) is 17.1 Å². The van der Waals surface area contributed by atoms with E-state index in [1.54, 1.807) is 24.4 Å². The highest BCUT2D eigenvalue weighted by Gasteiger charge is 2.22. The number of piperidine rings is 1. The Labute approximate surface area is 187 Å². The average Bonchev–Trinajstić information content (AvgIpc) is 2.80. The predicted octanol–water partition coefficient (Wildman–Crippen LogP) is 5.62. The summed E-state index contributed by atoms with van der Waals surface area (Å²) in [4.78, 5) is 18.7. The number of carbonyl (C=O) groups is 1. The maximum atomic E-state index is 14.8. The first-order valence-corrected chi connectivity index (χ1v) is 10.8. The summed E-state index contributed by atoms with van der Waals surface area (Å²) in [6.45, 7) is 1.64. The SMILES string of the molecule is O=C(CC(=S)Nc1ccc(N2CCC(c3ccccc3)CC2)c(F)c1)c1cccnc1. The van der Waals surface area contributed by atoms with Crippen LogP contribution in [0.25, 0.3) is 0 Å². The van der Waals surface area contributed by atoms with Gasteiger partial charge in [-0.15, -0.1) is 0 Å².